The number of hydrogen-bond donors (Lipinski definition) is 0. The molecule has 0 rings (SSSR count). The molecule has 0 heterocycles. The largest absolute Gasteiger partial charge is 0.380 e. The van der Waals surface area contributed by atoms with Gasteiger partial charge >= 0.3 is 33.0 Å². The van der Waals surface area contributed by atoms with E-state index in [-0.39, 0.29) is 19.8 Å². The van der Waals surface area contributed by atoms with E-state index in [4.69, 9.17) is 0 Å². The Morgan fingerprint density at radius 3 is 1.20 bits per heavy atom. The molecule has 0 N–H and O–H groups in total. The summed E-state index contributed by atoms with van der Waals surface area (Å²) < 4.78 is 6.48. The molecule has 0 aliphatic carbocycles. The monoisotopic (exact) mass is 151 g/mol. The maximum Gasteiger partial charge on any atom is 0.380 e. The van der Waals surface area contributed by atoms with Gasteiger partial charge in [0.1, 0.15) is 0 Å². The van der Waals surface area contributed by atoms with E-state index in [1.165, 1.54) is 0 Å². The molecular formula is Al2GaN2. The van der Waals surface area contributed by atoms with Crippen molar-refractivity contribution in [3.05, 3.63) is 0 Å². The summed E-state index contributed by atoms with van der Waals surface area (Å²) in [6, 6.07) is 0. The van der Waals surface area contributed by atoms with Gasteiger partial charge in [-0.2, -0.15) is 0 Å². The molecule has 0 atom stereocenters. The molecule has 0 aliphatic heterocycles. The van der Waals surface area contributed by atoms with Crippen LogP contribution < -0.4 is 0 Å². The summed E-state index contributed by atoms with van der Waals surface area (Å²) in [5.41, 5.74) is 0. The van der Waals surface area contributed by atoms with E-state index in [0.717, 1.165) is 0 Å². The van der Waals surface area contributed by atoms with Crippen LogP contribution >= 0.6 is 0 Å². The first-order chi connectivity index (χ1) is 1.91. The third kappa shape index (κ3) is 10.9. The maximum absolute atomic E-state index is 3.24. The van der Waals surface area contributed by atoms with E-state index in [9.17, 15) is 0 Å². The van der Waals surface area contributed by atoms with Crippen LogP contribution in [0.1, 0.15) is 0 Å². The molecule has 5 heteroatoms. The van der Waals surface area contributed by atoms with Crippen LogP contribution in [-0.4, -0.2) is 52.8 Å². The fourth-order valence-electron chi connectivity index (χ4n) is 0. The van der Waals surface area contributed by atoms with Crippen molar-refractivity contribution in [3.63, 3.8) is 0 Å². The molecule has 0 saturated heterocycles. The van der Waals surface area contributed by atoms with Crippen molar-refractivity contribution in [2.24, 2.45) is 8.20 Å². The van der Waals surface area contributed by atoms with Crippen molar-refractivity contribution in [2.45, 2.75) is 0 Å². The van der Waals surface area contributed by atoms with Gasteiger partial charge in [-0.3, -0.25) is 0 Å². The van der Waals surface area contributed by atoms with E-state index in [1.54, 1.807) is 0 Å². The molecule has 2 nitrogen and oxygen atoms in total. The Morgan fingerprint density at radius 2 is 1.20 bits per heavy atom. The molecule has 0 unspecified atom stereocenters. The van der Waals surface area contributed by atoms with Crippen molar-refractivity contribution in [2.75, 3.05) is 0 Å². The van der Waals surface area contributed by atoms with Gasteiger partial charge in [-0.05, 0) is 0 Å². The van der Waals surface area contributed by atoms with Gasteiger partial charge < -0.3 is 8.20 Å². The first kappa shape index (κ1) is 9.57. The quantitative estimate of drug-likeness (QED) is 0.321. The van der Waals surface area contributed by atoms with Crippen LogP contribution in [0.15, 0.2) is 8.20 Å². The van der Waals surface area contributed by atoms with E-state index in [1.807, 2.05) is 0 Å². The molecular weight excluding hydrogens is 152 g/mol. The Kier molecular flexibility index (Phi) is 17.2. The molecule has 0 aromatic carbocycles. The molecule has 19 valence electrons. The van der Waals surface area contributed by atoms with Gasteiger partial charge in [0.2, 0.25) is 0 Å². The average molecular weight is 152 g/mol. The number of nitrogens with zero attached hydrogens (tertiary/aromatic N) is 2. The standard InChI is InChI=1S/2Al.Ga.N2/c;;;1-2/q2*+1;;-2. The molecule has 5 heavy (non-hydrogen) atoms. The molecule has 0 aliphatic rings. The first-order valence-electron chi connectivity index (χ1n) is 0.716. The predicted molar refractivity (Wildman–Crippen MR) is 22.1 cm³/mol. The van der Waals surface area contributed by atoms with Crippen LogP contribution in [0.25, 0.3) is 0 Å². The molecule has 0 bridgehead atoms. The van der Waals surface area contributed by atoms with Crippen molar-refractivity contribution in [1.82, 2.24) is 0 Å². The number of rotatable bonds is 0. The van der Waals surface area contributed by atoms with Crippen LogP contribution in [0, 0.1) is 0 Å². The van der Waals surface area contributed by atoms with Gasteiger partial charge in [-0.25, -0.2) is 0 Å². The van der Waals surface area contributed by atoms with Crippen LogP contribution in [0.4, 0.5) is 0 Å². The summed E-state index contributed by atoms with van der Waals surface area (Å²) in [6.45, 7) is 0. The summed E-state index contributed by atoms with van der Waals surface area (Å²) in [6.07, 6.45) is 0. The van der Waals surface area contributed by atoms with Crippen molar-refractivity contribution < 1.29 is 0 Å². The summed E-state index contributed by atoms with van der Waals surface area (Å²) in [4.78, 5) is 0. The third-order valence-electron chi connectivity index (χ3n) is 0.0667. The van der Waals surface area contributed by atoms with Gasteiger partial charge in [0.15, 0.2) is 0 Å². The minimum absolute atomic E-state index is 0. The first-order valence-corrected chi connectivity index (χ1v) is 1.75. The Bertz CT molecular complexity index is 22.8. The van der Waals surface area contributed by atoms with Crippen molar-refractivity contribution in [3.8, 4) is 0 Å². The molecule has 7 radical (unpaired) electrons. The van der Waals surface area contributed by atoms with E-state index >= 15 is 0 Å². The van der Waals surface area contributed by atoms with Crippen molar-refractivity contribution >= 4 is 52.8 Å². The van der Waals surface area contributed by atoms with E-state index < -0.39 is 0 Å². The van der Waals surface area contributed by atoms with E-state index in [0.29, 0.717) is 0 Å². The predicted octanol–water partition coefficient (Wildman–Crippen LogP) is -0.775. The SMILES string of the molecule is [Al][N]=[N][Al].[Ga]. The minimum Gasteiger partial charge on any atom is -0.380 e. The van der Waals surface area contributed by atoms with Gasteiger partial charge in [0.25, 0.3) is 0 Å². The molecule has 0 aromatic rings. The fourth-order valence-corrected chi connectivity index (χ4v) is 0. The van der Waals surface area contributed by atoms with Gasteiger partial charge in [-0.15, -0.1) is 0 Å². The van der Waals surface area contributed by atoms with Crippen LogP contribution in [0.5, 0.6) is 0 Å². The van der Waals surface area contributed by atoms with Gasteiger partial charge in [-0.1, -0.05) is 0 Å². The summed E-state index contributed by atoms with van der Waals surface area (Å²) >= 11 is 4.19. The molecule has 0 fully saturated rings. The van der Waals surface area contributed by atoms with Crippen molar-refractivity contribution in [1.29, 1.82) is 0 Å². The van der Waals surface area contributed by atoms with Crippen LogP contribution in [-0.2, 0) is 0 Å². The summed E-state index contributed by atoms with van der Waals surface area (Å²) in [5.74, 6) is 0. The Balaban J connectivity index is 0. The zero-order chi connectivity index (χ0) is 3.41. The van der Waals surface area contributed by atoms with Gasteiger partial charge in [0, 0.05) is 19.8 Å². The average Bonchev–Trinajstić information content (AvgIpc) is 1.37. The van der Waals surface area contributed by atoms with Gasteiger partial charge in [0.05, 0.1) is 0 Å². The second-order valence-electron chi connectivity index (χ2n) is 0.231. The van der Waals surface area contributed by atoms with E-state index in [2.05, 4.69) is 41.2 Å². The zero-order valence-corrected chi connectivity index (χ0v) is 7.36. The smallest absolute Gasteiger partial charge is 0.380 e. The minimum atomic E-state index is 0. The Labute approximate surface area is 60.8 Å². The fraction of sp³-hybridized carbons (Fsp3) is 0. The Morgan fingerprint density at radius 1 is 1.00 bits per heavy atom. The Hall–Kier alpha value is 1.30. The zero-order valence-electron chi connectivity index (χ0n) is 2.63. The van der Waals surface area contributed by atoms with Crippen LogP contribution in [0.3, 0.4) is 0 Å². The van der Waals surface area contributed by atoms with Crippen LogP contribution in [0.2, 0.25) is 0 Å². The molecule has 0 amide bonds. The molecule has 0 saturated carbocycles. The molecule has 0 aromatic heterocycles. The summed E-state index contributed by atoms with van der Waals surface area (Å²) in [5, 5.41) is 0. The second kappa shape index (κ2) is 9.00. The molecule has 0 spiro atoms. The second-order valence-corrected chi connectivity index (χ2v) is 0.693. The topological polar surface area (TPSA) is 24.7 Å². The maximum atomic E-state index is 3.24. The number of hydrogen-bond acceptors (Lipinski definition) is 2. The third-order valence-corrected chi connectivity index (χ3v) is 0.600. The normalized spacial score (nSPS) is 7.20. The summed E-state index contributed by atoms with van der Waals surface area (Å²) in [7, 11) is 0.